The fourth-order valence-corrected chi connectivity index (χ4v) is 3.99. The molecule has 0 bridgehead atoms. The van der Waals surface area contributed by atoms with Gasteiger partial charge >= 0.3 is 0 Å². The summed E-state index contributed by atoms with van der Waals surface area (Å²) in [6, 6.07) is 16.8. The SMILES string of the molecule is COc1cccc(NC(=O)c2ccc(OC)c(CN(c3ccc(F)cc3)S(C)(=O)=O)c2)c1. The smallest absolute Gasteiger partial charge is 0.255 e. The largest absolute Gasteiger partial charge is 0.497 e. The van der Waals surface area contributed by atoms with Gasteiger partial charge in [-0.3, -0.25) is 9.10 Å². The minimum absolute atomic E-state index is 0.103. The van der Waals surface area contributed by atoms with Crippen molar-refractivity contribution in [2.24, 2.45) is 0 Å². The summed E-state index contributed by atoms with van der Waals surface area (Å²) in [5.74, 6) is 0.158. The Morgan fingerprint density at radius 1 is 1.00 bits per heavy atom. The summed E-state index contributed by atoms with van der Waals surface area (Å²) in [7, 11) is -0.714. The van der Waals surface area contributed by atoms with Gasteiger partial charge in [0.2, 0.25) is 10.0 Å². The molecule has 3 rings (SSSR count). The normalized spacial score (nSPS) is 11.0. The van der Waals surface area contributed by atoms with Crippen molar-refractivity contribution in [2.75, 3.05) is 30.1 Å². The van der Waals surface area contributed by atoms with Crippen molar-refractivity contribution in [3.63, 3.8) is 0 Å². The van der Waals surface area contributed by atoms with Crippen LogP contribution in [0.3, 0.4) is 0 Å². The van der Waals surface area contributed by atoms with Crippen molar-refractivity contribution in [2.45, 2.75) is 6.54 Å². The number of ether oxygens (including phenoxy) is 2. The van der Waals surface area contributed by atoms with Gasteiger partial charge in [0, 0.05) is 22.9 Å². The highest BCUT2D eigenvalue weighted by atomic mass is 32.2. The van der Waals surface area contributed by atoms with Crippen molar-refractivity contribution in [3.8, 4) is 11.5 Å². The van der Waals surface area contributed by atoms with Crippen LogP contribution in [-0.2, 0) is 16.6 Å². The van der Waals surface area contributed by atoms with Crippen LogP contribution in [0.5, 0.6) is 11.5 Å². The zero-order chi connectivity index (χ0) is 23.3. The highest BCUT2D eigenvalue weighted by Crippen LogP contribution is 2.27. The molecule has 168 valence electrons. The number of sulfonamides is 1. The molecule has 1 amide bonds. The van der Waals surface area contributed by atoms with E-state index in [0.717, 1.165) is 10.6 Å². The van der Waals surface area contributed by atoms with E-state index in [4.69, 9.17) is 9.47 Å². The molecule has 7 nitrogen and oxygen atoms in total. The number of carbonyl (C=O) groups is 1. The van der Waals surface area contributed by atoms with Crippen molar-refractivity contribution < 1.29 is 27.1 Å². The van der Waals surface area contributed by atoms with Crippen molar-refractivity contribution in [1.82, 2.24) is 0 Å². The van der Waals surface area contributed by atoms with E-state index in [-0.39, 0.29) is 12.5 Å². The summed E-state index contributed by atoms with van der Waals surface area (Å²) < 4.78 is 49.9. The van der Waals surface area contributed by atoms with Gasteiger partial charge in [-0.25, -0.2) is 12.8 Å². The zero-order valence-corrected chi connectivity index (χ0v) is 18.6. The molecule has 0 aliphatic carbocycles. The van der Waals surface area contributed by atoms with E-state index in [1.807, 2.05) is 0 Å². The van der Waals surface area contributed by atoms with Gasteiger partial charge in [0.15, 0.2) is 0 Å². The lowest BCUT2D eigenvalue weighted by atomic mass is 10.1. The van der Waals surface area contributed by atoms with Crippen molar-refractivity contribution in [1.29, 1.82) is 0 Å². The Balaban J connectivity index is 1.92. The molecule has 0 saturated heterocycles. The Labute approximate surface area is 186 Å². The molecule has 1 N–H and O–H groups in total. The second-order valence-electron chi connectivity index (χ2n) is 6.96. The van der Waals surface area contributed by atoms with Gasteiger partial charge < -0.3 is 14.8 Å². The first-order valence-electron chi connectivity index (χ1n) is 9.57. The number of halogens is 1. The fraction of sp³-hybridized carbons (Fsp3) is 0.174. The summed E-state index contributed by atoms with van der Waals surface area (Å²) in [6.07, 6.45) is 1.06. The van der Waals surface area contributed by atoms with Crippen LogP contribution < -0.4 is 19.1 Å². The molecular formula is C23H23FN2O5S. The van der Waals surface area contributed by atoms with Gasteiger partial charge in [-0.05, 0) is 54.6 Å². The Hall–Kier alpha value is -3.59. The molecule has 0 aliphatic rings. The van der Waals surface area contributed by atoms with Crippen LogP contribution in [0, 0.1) is 5.82 Å². The van der Waals surface area contributed by atoms with Crippen LogP contribution in [0.2, 0.25) is 0 Å². The molecule has 0 heterocycles. The molecule has 0 saturated carbocycles. The molecule has 0 atom stereocenters. The molecule has 0 unspecified atom stereocenters. The van der Waals surface area contributed by atoms with Gasteiger partial charge in [-0.2, -0.15) is 0 Å². The van der Waals surface area contributed by atoms with Crippen LogP contribution in [0.4, 0.5) is 15.8 Å². The maximum absolute atomic E-state index is 13.3. The molecule has 3 aromatic rings. The number of hydrogen-bond acceptors (Lipinski definition) is 5. The quantitative estimate of drug-likeness (QED) is 0.550. The average Bonchev–Trinajstić information content (AvgIpc) is 2.77. The molecular weight excluding hydrogens is 435 g/mol. The van der Waals surface area contributed by atoms with Crippen LogP contribution in [-0.4, -0.2) is 34.8 Å². The molecule has 3 aromatic carbocycles. The van der Waals surface area contributed by atoms with E-state index in [1.165, 1.54) is 38.5 Å². The lowest BCUT2D eigenvalue weighted by molar-refractivity contribution is 0.102. The zero-order valence-electron chi connectivity index (χ0n) is 17.8. The summed E-state index contributed by atoms with van der Waals surface area (Å²) in [5, 5.41) is 2.79. The predicted octanol–water partition coefficient (Wildman–Crippen LogP) is 4.06. The van der Waals surface area contributed by atoms with Crippen LogP contribution >= 0.6 is 0 Å². The third kappa shape index (κ3) is 5.55. The van der Waals surface area contributed by atoms with Gasteiger partial charge in [0.05, 0.1) is 32.7 Å². The predicted molar refractivity (Wildman–Crippen MR) is 121 cm³/mol. The summed E-state index contributed by atoms with van der Waals surface area (Å²) >= 11 is 0. The molecule has 0 radical (unpaired) electrons. The lowest BCUT2D eigenvalue weighted by Gasteiger charge is -2.24. The first kappa shape index (κ1) is 23.1. The first-order valence-corrected chi connectivity index (χ1v) is 11.4. The van der Waals surface area contributed by atoms with Gasteiger partial charge in [-0.15, -0.1) is 0 Å². The first-order chi connectivity index (χ1) is 15.2. The number of carbonyl (C=O) groups excluding carboxylic acids is 1. The van der Waals surface area contributed by atoms with E-state index in [1.54, 1.807) is 42.5 Å². The molecule has 0 fully saturated rings. The van der Waals surface area contributed by atoms with E-state index < -0.39 is 15.8 Å². The maximum atomic E-state index is 13.3. The fourth-order valence-electron chi connectivity index (χ4n) is 3.11. The van der Waals surface area contributed by atoms with Crippen LogP contribution in [0.1, 0.15) is 15.9 Å². The molecule has 9 heteroatoms. The second-order valence-corrected chi connectivity index (χ2v) is 8.87. The highest BCUT2D eigenvalue weighted by Gasteiger charge is 2.21. The Bertz CT molecular complexity index is 1210. The van der Waals surface area contributed by atoms with Crippen molar-refractivity contribution >= 4 is 27.3 Å². The molecule has 0 spiro atoms. The standard InChI is InChI=1S/C23H23FN2O5S/c1-30-21-6-4-5-19(14-21)25-23(27)16-7-12-22(31-2)17(13-16)15-26(32(3,28)29)20-10-8-18(24)9-11-20/h4-14H,15H2,1-3H3,(H,25,27). The third-order valence-electron chi connectivity index (χ3n) is 4.70. The summed E-state index contributed by atoms with van der Waals surface area (Å²) in [5.41, 5.74) is 1.63. The van der Waals surface area contributed by atoms with Crippen LogP contribution in [0.25, 0.3) is 0 Å². The molecule has 0 aromatic heterocycles. The molecule has 0 aliphatic heterocycles. The highest BCUT2D eigenvalue weighted by molar-refractivity contribution is 7.92. The number of anilines is 2. The number of rotatable bonds is 8. The lowest BCUT2D eigenvalue weighted by Crippen LogP contribution is -2.29. The number of amides is 1. The minimum Gasteiger partial charge on any atom is -0.497 e. The number of nitrogens with zero attached hydrogens (tertiary/aromatic N) is 1. The van der Waals surface area contributed by atoms with Crippen molar-refractivity contribution in [3.05, 3.63) is 83.7 Å². The number of nitrogens with one attached hydrogen (secondary N) is 1. The third-order valence-corrected chi connectivity index (χ3v) is 5.84. The van der Waals surface area contributed by atoms with Gasteiger partial charge in [0.25, 0.3) is 5.91 Å². The number of hydrogen-bond donors (Lipinski definition) is 1. The average molecular weight is 459 g/mol. The van der Waals surface area contributed by atoms with Gasteiger partial charge in [-0.1, -0.05) is 6.07 Å². The molecule has 32 heavy (non-hydrogen) atoms. The Morgan fingerprint density at radius 2 is 1.72 bits per heavy atom. The van der Waals surface area contributed by atoms with E-state index in [0.29, 0.717) is 34.0 Å². The Morgan fingerprint density at radius 3 is 2.34 bits per heavy atom. The second kappa shape index (κ2) is 9.69. The minimum atomic E-state index is -3.70. The van der Waals surface area contributed by atoms with E-state index in [2.05, 4.69) is 5.32 Å². The Kier molecular flexibility index (Phi) is 6.99. The summed E-state index contributed by atoms with van der Waals surface area (Å²) in [4.78, 5) is 12.8. The summed E-state index contributed by atoms with van der Waals surface area (Å²) in [6.45, 7) is -0.103. The maximum Gasteiger partial charge on any atom is 0.255 e. The monoisotopic (exact) mass is 458 g/mol. The number of benzene rings is 3. The number of methoxy groups -OCH3 is 2. The van der Waals surface area contributed by atoms with Crippen LogP contribution in [0.15, 0.2) is 66.7 Å². The van der Waals surface area contributed by atoms with E-state index in [9.17, 15) is 17.6 Å². The van der Waals surface area contributed by atoms with E-state index >= 15 is 0 Å². The topological polar surface area (TPSA) is 84.9 Å². The van der Waals surface area contributed by atoms with Gasteiger partial charge in [0.1, 0.15) is 17.3 Å².